The Labute approximate surface area is 235 Å². The Morgan fingerprint density at radius 2 is 1.70 bits per heavy atom. The lowest BCUT2D eigenvalue weighted by Crippen LogP contribution is -2.29. The first-order chi connectivity index (χ1) is 19.3. The van der Waals surface area contributed by atoms with Crippen molar-refractivity contribution in [3.05, 3.63) is 76.6 Å². The molecule has 1 aromatic heterocycles. The predicted molar refractivity (Wildman–Crippen MR) is 151 cm³/mol. The van der Waals surface area contributed by atoms with Crippen LogP contribution in [0.4, 0.5) is 5.69 Å². The molecule has 4 aromatic rings. The average molecular weight is 582 g/mol. The van der Waals surface area contributed by atoms with Gasteiger partial charge in [0.2, 0.25) is 0 Å². The summed E-state index contributed by atoms with van der Waals surface area (Å²) in [6, 6.07) is 16.6. The second-order valence-corrected chi connectivity index (χ2v) is 11.7. The van der Waals surface area contributed by atoms with Crippen LogP contribution in [0.2, 0.25) is 0 Å². The summed E-state index contributed by atoms with van der Waals surface area (Å²) in [5.74, 6) is -0.113. The predicted octanol–water partition coefficient (Wildman–Crippen LogP) is 3.78. The highest BCUT2D eigenvalue weighted by Gasteiger charge is 2.30. The Balaban J connectivity index is 1.49. The van der Waals surface area contributed by atoms with E-state index in [-0.39, 0.29) is 28.4 Å². The summed E-state index contributed by atoms with van der Waals surface area (Å²) in [7, 11) is -0.770. The molecule has 2 heterocycles. The van der Waals surface area contributed by atoms with Gasteiger partial charge < -0.3 is 18.8 Å². The average Bonchev–Trinajstić information content (AvgIpc) is 3.54. The third-order valence-corrected chi connectivity index (χ3v) is 9.38. The van der Waals surface area contributed by atoms with E-state index in [1.54, 1.807) is 29.7 Å². The topological polar surface area (TPSA) is 117 Å². The van der Waals surface area contributed by atoms with E-state index in [1.807, 2.05) is 18.2 Å². The minimum Gasteiger partial charge on any atom is -0.493 e. The molecule has 0 spiro atoms. The van der Waals surface area contributed by atoms with Crippen LogP contribution in [0.15, 0.2) is 70.6 Å². The highest BCUT2D eigenvalue weighted by Crippen LogP contribution is 2.34. The number of ether oxygens (including phenoxy) is 3. The maximum Gasteiger partial charge on any atom is 0.326 e. The van der Waals surface area contributed by atoms with Crippen molar-refractivity contribution in [2.45, 2.75) is 24.8 Å². The molecule has 12 heteroatoms. The van der Waals surface area contributed by atoms with Crippen molar-refractivity contribution < 1.29 is 32.2 Å². The zero-order valence-corrected chi connectivity index (χ0v) is 23.8. The molecule has 208 valence electrons. The van der Waals surface area contributed by atoms with Crippen LogP contribution in [0.3, 0.4) is 0 Å². The van der Waals surface area contributed by atoms with Gasteiger partial charge in [0.1, 0.15) is 6.54 Å². The minimum atomic E-state index is -3.80. The Morgan fingerprint density at radius 3 is 2.40 bits per heavy atom. The number of methoxy groups -OCH3 is 2. The van der Waals surface area contributed by atoms with Gasteiger partial charge in [-0.3, -0.25) is 13.9 Å². The fourth-order valence-corrected chi connectivity index (χ4v) is 7.12. The number of para-hydroxylation sites is 1. The zero-order valence-electron chi connectivity index (χ0n) is 22.1. The number of thiazole rings is 1. The van der Waals surface area contributed by atoms with Gasteiger partial charge in [-0.25, -0.2) is 8.42 Å². The Hall–Kier alpha value is -4.16. The first-order valence-corrected chi connectivity index (χ1v) is 14.7. The molecule has 40 heavy (non-hydrogen) atoms. The number of sulfonamides is 1. The molecule has 0 radical (unpaired) electrons. The molecule has 0 atom stereocenters. The monoisotopic (exact) mass is 581 g/mol. The standard InChI is InChI=1S/C28H27N3O7S2/c1-4-38-26(32)17-30-22-15-23(36-2)24(37-3)16-25(22)39-28(30)29-27(33)19-9-11-20(12-10-19)40(34,35)31-14-13-18-7-5-6-8-21(18)31/h5-12,15-16H,4,13-14,17H2,1-3H3. The molecule has 0 fully saturated rings. The van der Waals surface area contributed by atoms with Crippen LogP contribution in [-0.4, -0.2) is 52.2 Å². The molecule has 0 unspecified atom stereocenters. The van der Waals surface area contributed by atoms with Gasteiger partial charge in [0.05, 0.1) is 41.6 Å². The summed E-state index contributed by atoms with van der Waals surface area (Å²) in [6.45, 7) is 2.12. The minimum absolute atomic E-state index is 0.0826. The van der Waals surface area contributed by atoms with E-state index in [4.69, 9.17) is 14.2 Å². The first kappa shape index (κ1) is 27.4. The van der Waals surface area contributed by atoms with Crippen molar-refractivity contribution in [3.8, 4) is 11.5 Å². The van der Waals surface area contributed by atoms with Crippen LogP contribution < -0.4 is 18.6 Å². The number of esters is 1. The Bertz CT molecular complexity index is 1770. The van der Waals surface area contributed by atoms with Gasteiger partial charge in [-0.1, -0.05) is 29.5 Å². The molecule has 0 bridgehead atoms. The summed E-state index contributed by atoms with van der Waals surface area (Å²) >= 11 is 1.20. The molecular weight excluding hydrogens is 554 g/mol. The summed E-state index contributed by atoms with van der Waals surface area (Å²) in [5.41, 5.74) is 2.47. The SMILES string of the molecule is CCOC(=O)Cn1c(=NC(=O)c2ccc(S(=O)(=O)N3CCc4ccccc43)cc2)sc2cc(OC)c(OC)cc21. The number of anilines is 1. The highest BCUT2D eigenvalue weighted by molar-refractivity contribution is 7.92. The van der Waals surface area contributed by atoms with E-state index in [2.05, 4.69) is 4.99 Å². The van der Waals surface area contributed by atoms with E-state index in [0.717, 1.165) is 10.3 Å². The van der Waals surface area contributed by atoms with Crippen molar-refractivity contribution in [1.82, 2.24) is 4.57 Å². The van der Waals surface area contributed by atoms with E-state index >= 15 is 0 Å². The number of hydrogen-bond acceptors (Lipinski definition) is 8. The van der Waals surface area contributed by atoms with Gasteiger partial charge in [-0.05, 0) is 49.2 Å². The lowest BCUT2D eigenvalue weighted by molar-refractivity contribution is -0.143. The first-order valence-electron chi connectivity index (χ1n) is 12.5. The van der Waals surface area contributed by atoms with Gasteiger partial charge in [0.15, 0.2) is 16.3 Å². The molecule has 10 nitrogen and oxygen atoms in total. The largest absolute Gasteiger partial charge is 0.493 e. The highest BCUT2D eigenvalue weighted by atomic mass is 32.2. The fraction of sp³-hybridized carbons (Fsp3) is 0.250. The number of nitrogens with zero attached hydrogens (tertiary/aromatic N) is 3. The van der Waals surface area contributed by atoms with Gasteiger partial charge in [-0.15, -0.1) is 0 Å². The third kappa shape index (κ3) is 5.07. The van der Waals surface area contributed by atoms with Crippen LogP contribution in [0.1, 0.15) is 22.8 Å². The number of benzene rings is 3. The molecular formula is C28H27N3O7S2. The Kier molecular flexibility index (Phi) is 7.63. The van der Waals surface area contributed by atoms with E-state index in [1.165, 1.54) is 54.1 Å². The molecule has 0 saturated heterocycles. The van der Waals surface area contributed by atoms with Gasteiger partial charge in [0, 0.05) is 24.2 Å². The van der Waals surface area contributed by atoms with Gasteiger partial charge in [0.25, 0.3) is 15.9 Å². The van der Waals surface area contributed by atoms with Crippen molar-refractivity contribution in [3.63, 3.8) is 0 Å². The van der Waals surface area contributed by atoms with E-state index in [0.29, 0.717) is 35.7 Å². The maximum atomic E-state index is 13.3. The zero-order chi connectivity index (χ0) is 28.4. The van der Waals surface area contributed by atoms with Crippen molar-refractivity contribution in [2.75, 3.05) is 31.7 Å². The molecule has 1 aliphatic rings. The summed E-state index contributed by atoms with van der Waals surface area (Å²) in [6.07, 6.45) is 0.642. The van der Waals surface area contributed by atoms with Gasteiger partial charge in [-0.2, -0.15) is 4.99 Å². The van der Waals surface area contributed by atoms with Crippen LogP contribution in [0, 0.1) is 0 Å². The third-order valence-electron chi connectivity index (χ3n) is 6.51. The van der Waals surface area contributed by atoms with Crippen LogP contribution in [0.25, 0.3) is 10.2 Å². The number of fused-ring (bicyclic) bond motifs is 2. The number of carbonyl (C=O) groups excluding carboxylic acids is 2. The van der Waals surface area contributed by atoms with Crippen molar-refractivity contribution in [1.29, 1.82) is 0 Å². The van der Waals surface area contributed by atoms with Crippen LogP contribution in [-0.2, 0) is 32.5 Å². The lowest BCUT2D eigenvalue weighted by atomic mass is 10.2. The van der Waals surface area contributed by atoms with Gasteiger partial charge >= 0.3 is 5.97 Å². The summed E-state index contributed by atoms with van der Waals surface area (Å²) < 4.78 is 46.3. The molecule has 1 aliphatic heterocycles. The van der Waals surface area contributed by atoms with E-state index in [9.17, 15) is 18.0 Å². The second-order valence-electron chi connectivity index (χ2n) is 8.85. The molecule has 5 rings (SSSR count). The van der Waals surface area contributed by atoms with Crippen LogP contribution >= 0.6 is 11.3 Å². The fourth-order valence-electron chi connectivity index (χ4n) is 4.58. The molecule has 1 amide bonds. The van der Waals surface area contributed by atoms with E-state index < -0.39 is 21.9 Å². The maximum absolute atomic E-state index is 13.3. The molecule has 0 aliphatic carbocycles. The molecule has 0 saturated carbocycles. The quantitative estimate of drug-likeness (QED) is 0.291. The number of aromatic nitrogens is 1. The Morgan fingerprint density at radius 1 is 1.00 bits per heavy atom. The number of rotatable bonds is 8. The van der Waals surface area contributed by atoms with Crippen molar-refractivity contribution >= 4 is 49.1 Å². The molecule has 0 N–H and O–H groups in total. The number of amides is 1. The van der Waals surface area contributed by atoms with Crippen molar-refractivity contribution in [2.24, 2.45) is 4.99 Å². The summed E-state index contributed by atoms with van der Waals surface area (Å²) in [4.78, 5) is 30.2. The second kappa shape index (κ2) is 11.1. The normalized spacial score (nSPS) is 13.4. The smallest absolute Gasteiger partial charge is 0.326 e. The number of carbonyl (C=O) groups is 2. The summed E-state index contributed by atoms with van der Waals surface area (Å²) in [5, 5.41) is 0. The lowest BCUT2D eigenvalue weighted by Gasteiger charge is -2.19. The van der Waals surface area contributed by atoms with Crippen LogP contribution in [0.5, 0.6) is 11.5 Å². The number of hydrogen-bond donors (Lipinski definition) is 0. The molecule has 3 aromatic carbocycles.